The molecule has 0 N–H and O–H groups in total. The Hall–Kier alpha value is -0.730. The summed E-state index contributed by atoms with van der Waals surface area (Å²) >= 11 is 0. The van der Waals surface area contributed by atoms with Crippen molar-refractivity contribution in [3.63, 3.8) is 0 Å². The van der Waals surface area contributed by atoms with E-state index in [0.717, 1.165) is 13.1 Å². The molecule has 0 radical (unpaired) electrons. The van der Waals surface area contributed by atoms with E-state index in [1.165, 1.54) is 12.8 Å². The zero-order valence-corrected chi connectivity index (χ0v) is 8.21. The standard InChI is InChI=1S/C7H12N2O.C2H6/c1-8-5-6-3-2-4-9(6)7(8)10;1-2/h6H,2-5H2,1H3;1-2H3. The van der Waals surface area contributed by atoms with Crippen LogP contribution in [0.2, 0.25) is 0 Å². The average molecular weight is 170 g/mol. The van der Waals surface area contributed by atoms with Crippen molar-refractivity contribution in [1.82, 2.24) is 9.80 Å². The van der Waals surface area contributed by atoms with Crippen LogP contribution in [0.3, 0.4) is 0 Å². The Morgan fingerprint density at radius 3 is 2.67 bits per heavy atom. The van der Waals surface area contributed by atoms with E-state index in [0.29, 0.717) is 6.04 Å². The van der Waals surface area contributed by atoms with Crippen molar-refractivity contribution >= 4 is 6.03 Å². The molecule has 2 saturated heterocycles. The first kappa shape index (κ1) is 9.36. The van der Waals surface area contributed by atoms with Crippen molar-refractivity contribution < 1.29 is 4.79 Å². The molecule has 0 aromatic rings. The molecule has 0 aromatic carbocycles. The third-order valence-corrected chi connectivity index (χ3v) is 2.43. The number of amides is 2. The van der Waals surface area contributed by atoms with Crippen LogP contribution in [0.4, 0.5) is 4.79 Å². The fourth-order valence-corrected chi connectivity index (χ4v) is 1.89. The van der Waals surface area contributed by atoms with Crippen molar-refractivity contribution in [2.24, 2.45) is 0 Å². The third-order valence-electron chi connectivity index (χ3n) is 2.43. The van der Waals surface area contributed by atoms with Gasteiger partial charge >= 0.3 is 6.03 Å². The second kappa shape index (κ2) is 3.78. The maximum atomic E-state index is 11.2. The quantitative estimate of drug-likeness (QED) is 0.541. The van der Waals surface area contributed by atoms with Gasteiger partial charge in [0.1, 0.15) is 0 Å². The molecule has 70 valence electrons. The minimum absolute atomic E-state index is 0.225. The summed E-state index contributed by atoms with van der Waals surface area (Å²) in [5.74, 6) is 0. The summed E-state index contributed by atoms with van der Waals surface area (Å²) in [6.07, 6.45) is 2.40. The molecule has 0 bridgehead atoms. The zero-order chi connectivity index (χ0) is 9.14. The maximum Gasteiger partial charge on any atom is 0.320 e. The predicted molar refractivity (Wildman–Crippen MR) is 49.1 cm³/mol. The van der Waals surface area contributed by atoms with E-state index in [1.54, 1.807) is 0 Å². The highest BCUT2D eigenvalue weighted by Crippen LogP contribution is 2.24. The molecule has 2 rings (SSSR count). The van der Waals surface area contributed by atoms with E-state index in [2.05, 4.69) is 0 Å². The zero-order valence-electron chi connectivity index (χ0n) is 8.21. The third kappa shape index (κ3) is 1.40. The lowest BCUT2D eigenvalue weighted by Crippen LogP contribution is -2.29. The fraction of sp³-hybridized carbons (Fsp3) is 0.889. The summed E-state index contributed by atoms with van der Waals surface area (Å²) in [7, 11) is 1.88. The molecule has 0 aromatic heterocycles. The Balaban J connectivity index is 0.000000336. The summed E-state index contributed by atoms with van der Waals surface area (Å²) in [6.45, 7) is 5.92. The molecule has 2 heterocycles. The van der Waals surface area contributed by atoms with Gasteiger partial charge in [-0.1, -0.05) is 13.8 Å². The summed E-state index contributed by atoms with van der Waals surface area (Å²) in [5.41, 5.74) is 0. The molecule has 3 heteroatoms. The first-order valence-corrected chi connectivity index (χ1v) is 4.81. The van der Waals surface area contributed by atoms with E-state index >= 15 is 0 Å². The summed E-state index contributed by atoms with van der Waals surface area (Å²) in [5, 5.41) is 0. The molecule has 2 aliphatic heterocycles. The number of urea groups is 1. The van der Waals surface area contributed by atoms with Crippen molar-refractivity contribution in [3.05, 3.63) is 0 Å². The SMILES string of the molecule is CC.CN1CC2CCCN2C1=O. The number of carbonyl (C=O) groups is 1. The van der Waals surface area contributed by atoms with E-state index in [-0.39, 0.29) is 6.03 Å². The van der Waals surface area contributed by atoms with Gasteiger partial charge in [-0.2, -0.15) is 0 Å². The van der Waals surface area contributed by atoms with Gasteiger partial charge in [-0.15, -0.1) is 0 Å². The van der Waals surface area contributed by atoms with Crippen LogP contribution in [0, 0.1) is 0 Å². The number of carbonyl (C=O) groups excluding carboxylic acids is 1. The molecule has 0 saturated carbocycles. The van der Waals surface area contributed by atoms with Gasteiger partial charge in [0.15, 0.2) is 0 Å². The van der Waals surface area contributed by atoms with Crippen LogP contribution < -0.4 is 0 Å². The van der Waals surface area contributed by atoms with Gasteiger partial charge < -0.3 is 9.80 Å². The number of rotatable bonds is 0. The molecule has 1 unspecified atom stereocenters. The highest BCUT2D eigenvalue weighted by atomic mass is 16.2. The lowest BCUT2D eigenvalue weighted by Gasteiger charge is -2.12. The largest absolute Gasteiger partial charge is 0.326 e. The Bertz CT molecular complexity index is 170. The first-order valence-electron chi connectivity index (χ1n) is 4.81. The van der Waals surface area contributed by atoms with Gasteiger partial charge in [-0.05, 0) is 12.8 Å². The van der Waals surface area contributed by atoms with Crippen molar-refractivity contribution in [2.45, 2.75) is 32.7 Å². The monoisotopic (exact) mass is 170 g/mol. The summed E-state index contributed by atoms with van der Waals surface area (Å²) in [6, 6.07) is 0.764. The smallest absolute Gasteiger partial charge is 0.320 e. The number of fused-ring (bicyclic) bond motifs is 1. The lowest BCUT2D eigenvalue weighted by atomic mass is 10.2. The van der Waals surface area contributed by atoms with E-state index in [4.69, 9.17) is 0 Å². The molecule has 0 aliphatic carbocycles. The van der Waals surface area contributed by atoms with Gasteiger partial charge in [0.05, 0.1) is 6.04 Å². The normalized spacial score (nSPS) is 26.9. The van der Waals surface area contributed by atoms with Gasteiger partial charge in [0, 0.05) is 20.1 Å². The lowest BCUT2D eigenvalue weighted by molar-refractivity contribution is 0.199. The number of nitrogens with zero attached hydrogens (tertiary/aromatic N) is 2. The summed E-state index contributed by atoms with van der Waals surface area (Å²) < 4.78 is 0. The van der Waals surface area contributed by atoms with Crippen LogP contribution in [0.5, 0.6) is 0 Å². The Morgan fingerprint density at radius 2 is 2.08 bits per heavy atom. The molecular weight excluding hydrogens is 152 g/mol. The molecule has 0 spiro atoms. The second-order valence-corrected chi connectivity index (χ2v) is 3.15. The van der Waals surface area contributed by atoms with E-state index < -0.39 is 0 Å². The van der Waals surface area contributed by atoms with Gasteiger partial charge in [-0.25, -0.2) is 4.79 Å². The van der Waals surface area contributed by atoms with Crippen LogP contribution >= 0.6 is 0 Å². The van der Waals surface area contributed by atoms with Crippen LogP contribution in [0.15, 0.2) is 0 Å². The molecule has 2 amide bonds. The van der Waals surface area contributed by atoms with Crippen LogP contribution in [-0.2, 0) is 0 Å². The second-order valence-electron chi connectivity index (χ2n) is 3.15. The maximum absolute atomic E-state index is 11.2. The van der Waals surface area contributed by atoms with Crippen LogP contribution in [-0.4, -0.2) is 42.0 Å². The molecule has 12 heavy (non-hydrogen) atoms. The van der Waals surface area contributed by atoms with Crippen molar-refractivity contribution in [3.8, 4) is 0 Å². The topological polar surface area (TPSA) is 23.6 Å². The van der Waals surface area contributed by atoms with Gasteiger partial charge in [-0.3, -0.25) is 0 Å². The van der Waals surface area contributed by atoms with E-state index in [9.17, 15) is 4.79 Å². The molecule has 2 aliphatic rings. The highest BCUT2D eigenvalue weighted by Gasteiger charge is 2.37. The van der Waals surface area contributed by atoms with Gasteiger partial charge in [0.2, 0.25) is 0 Å². The van der Waals surface area contributed by atoms with Crippen LogP contribution in [0.1, 0.15) is 26.7 Å². The Kier molecular flexibility index (Phi) is 2.95. The Morgan fingerprint density at radius 1 is 1.42 bits per heavy atom. The van der Waals surface area contributed by atoms with Crippen LogP contribution in [0.25, 0.3) is 0 Å². The predicted octanol–water partition coefficient (Wildman–Crippen LogP) is 1.54. The average Bonchev–Trinajstić information content (AvgIpc) is 2.62. The Labute approximate surface area is 74.3 Å². The van der Waals surface area contributed by atoms with Crippen molar-refractivity contribution in [1.29, 1.82) is 0 Å². The number of hydrogen-bond donors (Lipinski definition) is 0. The number of likely N-dealkylation sites (N-methyl/N-ethyl adjacent to an activating group) is 1. The van der Waals surface area contributed by atoms with Gasteiger partial charge in [0.25, 0.3) is 0 Å². The number of hydrogen-bond acceptors (Lipinski definition) is 1. The van der Waals surface area contributed by atoms with Crippen molar-refractivity contribution in [2.75, 3.05) is 20.1 Å². The first-order chi connectivity index (χ1) is 5.79. The van der Waals surface area contributed by atoms with E-state index in [1.807, 2.05) is 30.7 Å². The molecule has 1 atom stereocenters. The summed E-state index contributed by atoms with van der Waals surface area (Å²) in [4.78, 5) is 15.0. The minimum atomic E-state index is 0.225. The molecule has 3 nitrogen and oxygen atoms in total. The fourth-order valence-electron chi connectivity index (χ4n) is 1.89. The minimum Gasteiger partial charge on any atom is -0.326 e. The highest BCUT2D eigenvalue weighted by molar-refractivity contribution is 5.77. The molecule has 2 fully saturated rings. The molecular formula is C9H18N2O.